The van der Waals surface area contributed by atoms with Crippen molar-refractivity contribution < 1.29 is 14.0 Å². The SMILES string of the molecule is Cc1sc(=O)n(CC(=O)N2CC[C@H](c3ccc(F)cc3)[C@@H](NC(=O)CCl)C2)c1C. The summed E-state index contributed by atoms with van der Waals surface area (Å²) in [6.45, 7) is 4.46. The molecule has 1 aliphatic rings. The molecular weight excluding hydrogens is 417 g/mol. The molecular formula is C20H23ClFN3O3S. The number of piperidine rings is 1. The van der Waals surface area contributed by atoms with Gasteiger partial charge in [0.05, 0.1) is 6.04 Å². The smallest absolute Gasteiger partial charge is 0.308 e. The highest BCUT2D eigenvalue weighted by Gasteiger charge is 2.33. The molecule has 2 atom stereocenters. The average molecular weight is 440 g/mol. The molecule has 1 saturated heterocycles. The van der Waals surface area contributed by atoms with Gasteiger partial charge in [0.2, 0.25) is 11.8 Å². The molecule has 6 nitrogen and oxygen atoms in total. The van der Waals surface area contributed by atoms with Gasteiger partial charge in [0.25, 0.3) is 0 Å². The third-order valence-corrected chi connectivity index (χ3v) is 6.64. The molecule has 0 aliphatic carbocycles. The van der Waals surface area contributed by atoms with E-state index in [0.717, 1.165) is 27.5 Å². The maximum atomic E-state index is 13.3. The number of hydrogen-bond donors (Lipinski definition) is 1. The minimum absolute atomic E-state index is 0.0214. The summed E-state index contributed by atoms with van der Waals surface area (Å²) in [4.78, 5) is 39.3. The number of thiazole rings is 1. The summed E-state index contributed by atoms with van der Waals surface area (Å²) in [6, 6.07) is 5.84. The maximum absolute atomic E-state index is 13.3. The van der Waals surface area contributed by atoms with Crippen LogP contribution in [0.4, 0.5) is 4.39 Å². The van der Waals surface area contributed by atoms with Gasteiger partial charge in [-0.3, -0.25) is 19.0 Å². The Morgan fingerprint density at radius 3 is 2.55 bits per heavy atom. The van der Waals surface area contributed by atoms with E-state index in [1.165, 1.54) is 16.7 Å². The van der Waals surface area contributed by atoms with Gasteiger partial charge in [0.15, 0.2) is 0 Å². The molecule has 9 heteroatoms. The van der Waals surface area contributed by atoms with Gasteiger partial charge in [0.1, 0.15) is 18.2 Å². The number of nitrogens with zero attached hydrogens (tertiary/aromatic N) is 2. The number of amides is 2. The number of halogens is 2. The average Bonchev–Trinajstić information content (AvgIpc) is 2.94. The fourth-order valence-corrected chi connectivity index (χ4v) is 4.59. The summed E-state index contributed by atoms with van der Waals surface area (Å²) in [7, 11) is 0. The molecule has 1 N–H and O–H groups in total. The fourth-order valence-electron chi connectivity index (χ4n) is 3.68. The number of aromatic nitrogens is 1. The number of benzene rings is 1. The van der Waals surface area contributed by atoms with Crippen LogP contribution in [0.1, 0.15) is 28.5 Å². The molecule has 2 aromatic rings. The van der Waals surface area contributed by atoms with Gasteiger partial charge in [-0.25, -0.2) is 4.39 Å². The van der Waals surface area contributed by atoms with Crippen LogP contribution in [-0.4, -0.2) is 46.3 Å². The van der Waals surface area contributed by atoms with Crippen LogP contribution in [-0.2, 0) is 16.1 Å². The van der Waals surface area contributed by atoms with Gasteiger partial charge in [-0.15, -0.1) is 11.6 Å². The third kappa shape index (κ3) is 4.87. The van der Waals surface area contributed by atoms with Crippen molar-refractivity contribution in [2.45, 2.75) is 38.8 Å². The zero-order valence-corrected chi connectivity index (χ0v) is 17.9. The van der Waals surface area contributed by atoms with Crippen molar-refractivity contribution in [2.24, 2.45) is 0 Å². The van der Waals surface area contributed by atoms with Gasteiger partial charge in [0, 0.05) is 29.6 Å². The number of hydrogen-bond acceptors (Lipinski definition) is 4. The van der Waals surface area contributed by atoms with Crippen LogP contribution in [0.25, 0.3) is 0 Å². The van der Waals surface area contributed by atoms with E-state index in [1.807, 2.05) is 13.8 Å². The summed E-state index contributed by atoms with van der Waals surface area (Å²) in [5, 5.41) is 2.88. The van der Waals surface area contributed by atoms with Crippen LogP contribution >= 0.6 is 22.9 Å². The predicted octanol–water partition coefficient (Wildman–Crippen LogP) is 2.41. The van der Waals surface area contributed by atoms with E-state index in [2.05, 4.69) is 5.32 Å². The standard InChI is InChI=1S/C20H23ClFN3O3S/c1-12-13(2)29-20(28)25(12)11-19(27)24-8-7-16(14-3-5-15(22)6-4-14)17(10-24)23-18(26)9-21/h3-6,16-17H,7-11H2,1-2H3,(H,23,26)/t16-,17+/m1/s1. The van der Waals surface area contributed by atoms with Crippen molar-refractivity contribution in [1.82, 2.24) is 14.8 Å². The monoisotopic (exact) mass is 439 g/mol. The first-order valence-corrected chi connectivity index (χ1v) is 10.7. The lowest BCUT2D eigenvalue weighted by Gasteiger charge is -2.39. The largest absolute Gasteiger partial charge is 0.350 e. The van der Waals surface area contributed by atoms with Gasteiger partial charge < -0.3 is 10.2 Å². The number of alkyl halides is 1. The van der Waals surface area contributed by atoms with Crippen LogP contribution < -0.4 is 10.2 Å². The molecule has 2 amide bonds. The molecule has 1 fully saturated rings. The van der Waals surface area contributed by atoms with E-state index >= 15 is 0 Å². The first kappa shape index (κ1) is 21.5. The third-order valence-electron chi connectivity index (χ3n) is 5.40. The Labute approximate surface area is 177 Å². The van der Waals surface area contributed by atoms with Gasteiger partial charge in [-0.2, -0.15) is 0 Å². The molecule has 1 aromatic carbocycles. The lowest BCUT2D eigenvalue weighted by atomic mass is 9.85. The number of carbonyl (C=O) groups is 2. The number of nitrogens with one attached hydrogen (secondary N) is 1. The molecule has 3 rings (SSSR count). The minimum Gasteiger partial charge on any atom is -0.350 e. The first-order valence-electron chi connectivity index (χ1n) is 9.35. The van der Waals surface area contributed by atoms with Crippen molar-refractivity contribution in [2.75, 3.05) is 19.0 Å². The lowest BCUT2D eigenvalue weighted by molar-refractivity contribution is -0.134. The molecule has 2 heterocycles. The van der Waals surface area contributed by atoms with Crippen LogP contribution in [0, 0.1) is 19.7 Å². The fraction of sp³-hybridized carbons (Fsp3) is 0.450. The number of carbonyl (C=O) groups excluding carboxylic acids is 2. The van der Waals surface area contributed by atoms with Crippen molar-refractivity contribution in [3.63, 3.8) is 0 Å². The second kappa shape index (κ2) is 9.09. The van der Waals surface area contributed by atoms with E-state index in [9.17, 15) is 18.8 Å². The summed E-state index contributed by atoms with van der Waals surface area (Å²) in [5.74, 6) is -1.05. The minimum atomic E-state index is -0.341. The molecule has 0 spiro atoms. The molecule has 156 valence electrons. The predicted molar refractivity (Wildman–Crippen MR) is 111 cm³/mol. The Kier molecular flexibility index (Phi) is 6.74. The van der Waals surface area contributed by atoms with Gasteiger partial charge in [-0.1, -0.05) is 23.5 Å². The summed E-state index contributed by atoms with van der Waals surface area (Å²) < 4.78 is 14.8. The van der Waals surface area contributed by atoms with Crippen molar-refractivity contribution >= 4 is 34.8 Å². The second-order valence-electron chi connectivity index (χ2n) is 7.19. The van der Waals surface area contributed by atoms with Crippen molar-refractivity contribution in [1.29, 1.82) is 0 Å². The van der Waals surface area contributed by atoms with E-state index in [1.54, 1.807) is 17.0 Å². The molecule has 0 saturated carbocycles. The zero-order valence-electron chi connectivity index (χ0n) is 16.3. The number of rotatable bonds is 5. The van der Waals surface area contributed by atoms with Crippen molar-refractivity contribution in [3.05, 3.63) is 55.9 Å². The first-order chi connectivity index (χ1) is 13.8. The van der Waals surface area contributed by atoms with E-state index in [0.29, 0.717) is 19.5 Å². The Bertz CT molecular complexity index is 957. The summed E-state index contributed by atoms with van der Waals surface area (Å²) in [6.07, 6.45) is 0.612. The highest BCUT2D eigenvalue weighted by molar-refractivity contribution is 7.09. The van der Waals surface area contributed by atoms with E-state index < -0.39 is 0 Å². The Morgan fingerprint density at radius 2 is 1.97 bits per heavy atom. The molecule has 1 aromatic heterocycles. The van der Waals surface area contributed by atoms with Crippen molar-refractivity contribution in [3.8, 4) is 0 Å². The topological polar surface area (TPSA) is 71.4 Å². The number of aryl methyl sites for hydroxylation is 1. The molecule has 0 unspecified atom stereocenters. The van der Waals surface area contributed by atoms with E-state index in [4.69, 9.17) is 11.6 Å². The maximum Gasteiger partial charge on any atom is 0.308 e. The molecule has 0 bridgehead atoms. The van der Waals surface area contributed by atoms with Crippen LogP contribution in [0.5, 0.6) is 0 Å². The summed E-state index contributed by atoms with van der Waals surface area (Å²) >= 11 is 6.78. The molecule has 29 heavy (non-hydrogen) atoms. The van der Waals surface area contributed by atoms with Crippen LogP contribution in [0.2, 0.25) is 0 Å². The van der Waals surface area contributed by atoms with Crippen LogP contribution in [0.3, 0.4) is 0 Å². The Balaban J connectivity index is 1.77. The quantitative estimate of drug-likeness (QED) is 0.727. The highest BCUT2D eigenvalue weighted by atomic mass is 35.5. The van der Waals surface area contributed by atoms with E-state index in [-0.39, 0.29) is 46.9 Å². The Morgan fingerprint density at radius 1 is 1.28 bits per heavy atom. The molecule has 0 radical (unpaired) electrons. The van der Waals surface area contributed by atoms with Gasteiger partial charge in [-0.05, 0) is 38.0 Å². The van der Waals surface area contributed by atoms with Crippen LogP contribution in [0.15, 0.2) is 29.1 Å². The lowest BCUT2D eigenvalue weighted by Crippen LogP contribution is -2.54. The molecule has 1 aliphatic heterocycles. The highest BCUT2D eigenvalue weighted by Crippen LogP contribution is 2.29. The zero-order chi connectivity index (χ0) is 21.1. The number of likely N-dealkylation sites (tertiary alicyclic amines) is 1. The Hall–Kier alpha value is -2.19. The summed E-state index contributed by atoms with van der Waals surface area (Å²) in [5.41, 5.74) is 1.69. The second-order valence-corrected chi connectivity index (χ2v) is 8.62. The normalized spacial score (nSPS) is 19.2. The van der Waals surface area contributed by atoms with Gasteiger partial charge >= 0.3 is 4.87 Å².